The van der Waals surface area contributed by atoms with Crippen LogP contribution in [0, 0.1) is 6.92 Å². The lowest BCUT2D eigenvalue weighted by atomic mass is 10.2. The van der Waals surface area contributed by atoms with E-state index in [1.54, 1.807) is 18.5 Å². The first-order valence-electron chi connectivity index (χ1n) is 7.80. The molecule has 0 aliphatic carbocycles. The zero-order valence-corrected chi connectivity index (χ0v) is 15.9. The maximum absolute atomic E-state index is 12.4. The molecule has 0 aliphatic heterocycles. The lowest BCUT2D eigenvalue weighted by Gasteiger charge is -2.11. The maximum atomic E-state index is 12.4. The van der Waals surface area contributed by atoms with Gasteiger partial charge in [0.25, 0.3) is 0 Å². The summed E-state index contributed by atoms with van der Waals surface area (Å²) in [6.45, 7) is 7.98. The second-order valence-corrected chi connectivity index (χ2v) is 7.81. The predicted molar refractivity (Wildman–Crippen MR) is 102 cm³/mol. The fourth-order valence-corrected chi connectivity index (χ4v) is 3.60. The van der Waals surface area contributed by atoms with Gasteiger partial charge in [-0.1, -0.05) is 29.2 Å². The van der Waals surface area contributed by atoms with E-state index in [0.29, 0.717) is 22.7 Å². The molecule has 10 heteroatoms. The molecule has 0 unspecified atom stereocenters. The van der Waals surface area contributed by atoms with Crippen molar-refractivity contribution in [3.63, 3.8) is 0 Å². The average molecular weight is 387 g/mol. The number of rotatable bonds is 7. The number of nitrogens with zero attached hydrogens (tertiary/aromatic N) is 6. The van der Waals surface area contributed by atoms with Gasteiger partial charge >= 0.3 is 0 Å². The van der Waals surface area contributed by atoms with Gasteiger partial charge in [0.15, 0.2) is 11.0 Å². The molecule has 0 saturated heterocycles. The number of nitrogens with one attached hydrogen (secondary N) is 1. The van der Waals surface area contributed by atoms with E-state index in [1.165, 1.54) is 23.1 Å². The fourth-order valence-electron chi connectivity index (χ4n) is 2.15. The van der Waals surface area contributed by atoms with Gasteiger partial charge in [0.1, 0.15) is 5.01 Å². The van der Waals surface area contributed by atoms with Crippen LogP contribution in [0.25, 0.3) is 11.4 Å². The summed E-state index contributed by atoms with van der Waals surface area (Å²) in [5, 5.41) is 20.7. The van der Waals surface area contributed by atoms with E-state index in [2.05, 4.69) is 37.3 Å². The van der Waals surface area contributed by atoms with E-state index < -0.39 is 0 Å². The number of pyridine rings is 1. The zero-order chi connectivity index (χ0) is 18.5. The molecule has 26 heavy (non-hydrogen) atoms. The molecule has 3 aromatic rings. The maximum Gasteiger partial charge on any atom is 0.239 e. The van der Waals surface area contributed by atoms with Crippen molar-refractivity contribution in [1.29, 1.82) is 0 Å². The highest BCUT2D eigenvalue weighted by molar-refractivity contribution is 8.00. The summed E-state index contributed by atoms with van der Waals surface area (Å²) in [7, 11) is 0. The van der Waals surface area contributed by atoms with Crippen LogP contribution in [0.15, 0.2) is 42.3 Å². The van der Waals surface area contributed by atoms with Crippen molar-refractivity contribution in [3.8, 4) is 11.4 Å². The Bertz CT molecular complexity index is 906. The minimum Gasteiger partial charge on any atom is -0.300 e. The molecule has 0 saturated carbocycles. The quantitative estimate of drug-likeness (QED) is 0.491. The van der Waals surface area contributed by atoms with Crippen LogP contribution in [0.4, 0.5) is 5.13 Å². The van der Waals surface area contributed by atoms with E-state index in [-0.39, 0.29) is 11.2 Å². The molecule has 134 valence electrons. The molecule has 0 bridgehead atoms. The van der Waals surface area contributed by atoms with Gasteiger partial charge in [-0.05, 0) is 26.0 Å². The normalized spacial score (nSPS) is 11.9. The standard InChI is InChI=1S/C16H17N7OS2/c1-4-9-23-13(12-5-7-17-8-6-12)20-22-16(23)25-10(2)14(24)18-15-21-19-11(3)26-15/h4-8,10H,1,9H2,2-3H3,(H,18,21,24)/t10-/m1/s1. The molecule has 8 nitrogen and oxygen atoms in total. The molecule has 3 heterocycles. The van der Waals surface area contributed by atoms with Crippen LogP contribution in [0.1, 0.15) is 11.9 Å². The summed E-state index contributed by atoms with van der Waals surface area (Å²) in [6, 6.07) is 3.73. The predicted octanol–water partition coefficient (Wildman–Crippen LogP) is 2.81. The highest BCUT2D eigenvalue weighted by Crippen LogP contribution is 2.27. The van der Waals surface area contributed by atoms with Crippen LogP contribution in [0.2, 0.25) is 0 Å². The molecular formula is C16H17N7OS2. The van der Waals surface area contributed by atoms with Crippen LogP contribution in [-0.4, -0.2) is 41.1 Å². The van der Waals surface area contributed by atoms with Crippen LogP contribution in [-0.2, 0) is 11.3 Å². The van der Waals surface area contributed by atoms with Crippen LogP contribution < -0.4 is 5.32 Å². The molecule has 0 aliphatic rings. The second-order valence-electron chi connectivity index (χ2n) is 5.32. The molecular weight excluding hydrogens is 370 g/mol. The van der Waals surface area contributed by atoms with Gasteiger partial charge in [0, 0.05) is 24.5 Å². The third-order valence-corrected chi connectivity index (χ3v) is 5.21. The number of aryl methyl sites for hydroxylation is 1. The largest absolute Gasteiger partial charge is 0.300 e. The summed E-state index contributed by atoms with van der Waals surface area (Å²) in [5.74, 6) is 0.548. The highest BCUT2D eigenvalue weighted by atomic mass is 32.2. The lowest BCUT2D eigenvalue weighted by Crippen LogP contribution is -2.22. The number of allylic oxidation sites excluding steroid dienone is 1. The number of hydrogen-bond donors (Lipinski definition) is 1. The zero-order valence-electron chi connectivity index (χ0n) is 14.3. The Labute approximate surface area is 158 Å². The van der Waals surface area contributed by atoms with Crippen molar-refractivity contribution >= 4 is 34.1 Å². The van der Waals surface area contributed by atoms with Gasteiger partial charge in [-0.3, -0.25) is 19.7 Å². The first kappa shape index (κ1) is 18.2. The molecule has 1 atom stereocenters. The number of anilines is 1. The lowest BCUT2D eigenvalue weighted by molar-refractivity contribution is -0.115. The number of aromatic nitrogens is 6. The van der Waals surface area contributed by atoms with Crippen LogP contribution >= 0.6 is 23.1 Å². The second kappa shape index (κ2) is 8.19. The minimum absolute atomic E-state index is 0.162. The Morgan fingerprint density at radius 1 is 1.35 bits per heavy atom. The van der Waals surface area contributed by atoms with Crippen molar-refractivity contribution < 1.29 is 4.79 Å². The minimum atomic E-state index is -0.378. The van der Waals surface area contributed by atoms with E-state index in [9.17, 15) is 4.79 Å². The third-order valence-electron chi connectivity index (χ3n) is 3.37. The number of amides is 1. The van der Waals surface area contributed by atoms with Crippen molar-refractivity contribution in [2.24, 2.45) is 0 Å². The molecule has 1 amide bonds. The highest BCUT2D eigenvalue weighted by Gasteiger charge is 2.21. The average Bonchev–Trinajstić information content (AvgIpc) is 3.22. The van der Waals surface area contributed by atoms with Gasteiger partial charge in [-0.15, -0.1) is 27.0 Å². The summed E-state index contributed by atoms with van der Waals surface area (Å²) >= 11 is 2.67. The topological polar surface area (TPSA) is 98.5 Å². The summed E-state index contributed by atoms with van der Waals surface area (Å²) in [5.41, 5.74) is 0.905. The Kier molecular flexibility index (Phi) is 5.74. The molecule has 0 fully saturated rings. The van der Waals surface area contributed by atoms with E-state index in [4.69, 9.17) is 0 Å². The first-order valence-corrected chi connectivity index (χ1v) is 9.50. The van der Waals surface area contributed by atoms with E-state index in [0.717, 1.165) is 10.6 Å². The number of carbonyl (C=O) groups is 1. The molecule has 3 aromatic heterocycles. The van der Waals surface area contributed by atoms with Crippen LogP contribution in [0.5, 0.6) is 0 Å². The number of thioether (sulfide) groups is 1. The van der Waals surface area contributed by atoms with Crippen molar-refractivity contribution in [1.82, 2.24) is 29.9 Å². The summed E-state index contributed by atoms with van der Waals surface area (Å²) in [6.07, 6.45) is 5.18. The first-order chi connectivity index (χ1) is 12.6. The van der Waals surface area contributed by atoms with E-state index in [1.807, 2.05) is 30.5 Å². The smallest absolute Gasteiger partial charge is 0.239 e. The van der Waals surface area contributed by atoms with Gasteiger partial charge in [-0.2, -0.15) is 0 Å². The Morgan fingerprint density at radius 2 is 2.12 bits per heavy atom. The summed E-state index contributed by atoms with van der Waals surface area (Å²) in [4.78, 5) is 16.4. The SMILES string of the molecule is C=CCn1c(S[C@H](C)C(=O)Nc2nnc(C)s2)nnc1-c1ccncc1. The van der Waals surface area contributed by atoms with Gasteiger partial charge in [-0.25, -0.2) is 0 Å². The molecule has 0 spiro atoms. The van der Waals surface area contributed by atoms with Crippen molar-refractivity contribution in [3.05, 3.63) is 42.2 Å². The molecule has 1 N–H and O–H groups in total. The van der Waals surface area contributed by atoms with Gasteiger partial charge < -0.3 is 0 Å². The van der Waals surface area contributed by atoms with Crippen LogP contribution in [0.3, 0.4) is 0 Å². The van der Waals surface area contributed by atoms with E-state index >= 15 is 0 Å². The molecule has 0 radical (unpaired) electrons. The number of carbonyl (C=O) groups excluding carboxylic acids is 1. The monoisotopic (exact) mass is 387 g/mol. The Balaban J connectivity index is 1.77. The molecule has 0 aromatic carbocycles. The number of hydrogen-bond acceptors (Lipinski definition) is 8. The fraction of sp³-hybridized carbons (Fsp3) is 0.250. The van der Waals surface area contributed by atoms with Gasteiger partial charge in [0.05, 0.1) is 5.25 Å². The van der Waals surface area contributed by atoms with Crippen molar-refractivity contribution in [2.45, 2.75) is 30.8 Å². The third kappa shape index (κ3) is 4.14. The molecule has 3 rings (SSSR count). The Morgan fingerprint density at radius 3 is 2.77 bits per heavy atom. The van der Waals surface area contributed by atoms with Gasteiger partial charge in [0.2, 0.25) is 11.0 Å². The Hall–Kier alpha value is -2.59. The summed E-state index contributed by atoms with van der Waals surface area (Å²) < 4.78 is 1.92. The van der Waals surface area contributed by atoms with Crippen molar-refractivity contribution in [2.75, 3.05) is 5.32 Å².